The minimum atomic E-state index is -0.735. The number of hydrogen-bond donors (Lipinski definition) is 0. The molecule has 0 amide bonds. The first kappa shape index (κ1) is 17.8. The summed E-state index contributed by atoms with van der Waals surface area (Å²) in [5, 5.41) is 0. The average molecular weight is 338 g/mol. The fourth-order valence-electron chi connectivity index (χ4n) is 2.40. The molecule has 0 saturated carbocycles. The summed E-state index contributed by atoms with van der Waals surface area (Å²) in [4.78, 5) is 12.8. The summed E-state index contributed by atoms with van der Waals surface area (Å²) in [6.07, 6.45) is 0.358. The fourth-order valence-corrected chi connectivity index (χ4v) is 3.53. The van der Waals surface area contributed by atoms with Crippen molar-refractivity contribution in [2.24, 2.45) is 0 Å². The number of carbonyl (C=O) groups is 1. The van der Waals surface area contributed by atoms with E-state index in [1.165, 1.54) is 6.08 Å². The molecule has 0 aliphatic carbocycles. The Hall–Kier alpha value is -1.50. The summed E-state index contributed by atoms with van der Waals surface area (Å²) in [5.41, 5.74) is -0.0543. The van der Waals surface area contributed by atoms with Crippen molar-refractivity contribution in [2.75, 3.05) is 13.7 Å². The first-order chi connectivity index (χ1) is 11.1. The Balaban J connectivity index is 1.94. The molecule has 5 nitrogen and oxygen atoms in total. The molecule has 1 aromatic rings. The zero-order valence-corrected chi connectivity index (χ0v) is 14.2. The Kier molecular flexibility index (Phi) is 6.95. The molecule has 0 N–H and O–H groups in total. The van der Waals surface area contributed by atoms with Crippen LogP contribution in [0.1, 0.15) is 13.3 Å². The van der Waals surface area contributed by atoms with Crippen molar-refractivity contribution in [3.05, 3.63) is 43.0 Å². The van der Waals surface area contributed by atoms with Crippen molar-refractivity contribution in [2.45, 2.75) is 42.0 Å². The second kappa shape index (κ2) is 8.96. The lowest BCUT2D eigenvalue weighted by Crippen LogP contribution is -2.49. The lowest BCUT2D eigenvalue weighted by atomic mass is 10.0. The van der Waals surface area contributed by atoms with Gasteiger partial charge in [-0.2, -0.15) is 0 Å². The van der Waals surface area contributed by atoms with Gasteiger partial charge in [-0.3, -0.25) is 0 Å². The molecular formula is C17H22O5S. The van der Waals surface area contributed by atoms with E-state index >= 15 is 0 Å². The highest BCUT2D eigenvalue weighted by Crippen LogP contribution is 2.34. The third-order valence-electron chi connectivity index (χ3n) is 3.49. The molecule has 1 unspecified atom stereocenters. The number of hydrogen-bond acceptors (Lipinski definition) is 6. The molecule has 0 spiro atoms. The molecule has 0 radical (unpaired) electrons. The summed E-state index contributed by atoms with van der Waals surface area (Å²) >= 11 is 1.63. The number of benzene rings is 1. The molecular weight excluding hydrogens is 316 g/mol. The summed E-state index contributed by atoms with van der Waals surface area (Å²) in [6, 6.07) is 10.0. The Morgan fingerprint density at radius 3 is 2.83 bits per heavy atom. The van der Waals surface area contributed by atoms with Gasteiger partial charge in [-0.25, -0.2) is 4.79 Å². The fraction of sp³-hybridized carbons (Fsp3) is 0.471. The van der Waals surface area contributed by atoms with Crippen molar-refractivity contribution >= 4 is 17.9 Å². The van der Waals surface area contributed by atoms with E-state index in [1.54, 1.807) is 18.9 Å². The maximum atomic E-state index is 11.6. The van der Waals surface area contributed by atoms with E-state index in [0.29, 0.717) is 6.42 Å². The molecule has 1 heterocycles. The van der Waals surface area contributed by atoms with Crippen molar-refractivity contribution in [3.8, 4) is 0 Å². The van der Waals surface area contributed by atoms with Gasteiger partial charge in [-0.15, -0.1) is 0 Å². The Morgan fingerprint density at radius 1 is 1.43 bits per heavy atom. The van der Waals surface area contributed by atoms with Crippen LogP contribution in [0.5, 0.6) is 0 Å². The average Bonchev–Trinajstić information content (AvgIpc) is 2.56. The molecule has 1 aliphatic rings. The highest BCUT2D eigenvalue weighted by atomic mass is 32.2. The van der Waals surface area contributed by atoms with E-state index in [4.69, 9.17) is 18.9 Å². The van der Waals surface area contributed by atoms with E-state index in [1.807, 2.05) is 37.3 Å². The van der Waals surface area contributed by atoms with Crippen LogP contribution in [0, 0.1) is 0 Å². The van der Waals surface area contributed by atoms with Crippen LogP contribution in [0.3, 0.4) is 0 Å². The zero-order chi connectivity index (χ0) is 16.7. The third-order valence-corrected chi connectivity index (χ3v) is 4.60. The maximum absolute atomic E-state index is 11.6. The van der Waals surface area contributed by atoms with Gasteiger partial charge in [0.15, 0.2) is 6.10 Å². The Morgan fingerprint density at radius 2 is 2.17 bits per heavy atom. The van der Waals surface area contributed by atoms with Crippen molar-refractivity contribution in [1.29, 1.82) is 0 Å². The van der Waals surface area contributed by atoms with Gasteiger partial charge in [-0.1, -0.05) is 42.6 Å². The predicted molar refractivity (Wildman–Crippen MR) is 88.5 cm³/mol. The first-order valence-corrected chi connectivity index (χ1v) is 8.36. The summed E-state index contributed by atoms with van der Waals surface area (Å²) in [5.74, 6) is 0. The second-order valence-corrected chi connectivity index (χ2v) is 6.38. The normalized spacial score (nSPS) is 27.2. The second-order valence-electron chi connectivity index (χ2n) is 5.14. The van der Waals surface area contributed by atoms with E-state index in [0.717, 1.165) is 4.90 Å². The molecule has 23 heavy (non-hydrogen) atoms. The van der Waals surface area contributed by atoms with Crippen molar-refractivity contribution < 1.29 is 23.7 Å². The molecule has 4 atom stereocenters. The quantitative estimate of drug-likeness (QED) is 0.583. The van der Waals surface area contributed by atoms with E-state index in [-0.39, 0.29) is 24.3 Å². The van der Waals surface area contributed by atoms with E-state index in [2.05, 4.69) is 6.58 Å². The van der Waals surface area contributed by atoms with Crippen LogP contribution >= 0.6 is 11.8 Å². The predicted octanol–water partition coefficient (Wildman–Crippen LogP) is 3.64. The minimum Gasteiger partial charge on any atom is -0.430 e. The smallest absolute Gasteiger partial charge is 0.430 e. The minimum absolute atomic E-state index is 0.0543. The maximum Gasteiger partial charge on any atom is 0.509 e. The van der Waals surface area contributed by atoms with Gasteiger partial charge in [0.2, 0.25) is 0 Å². The lowest BCUT2D eigenvalue weighted by Gasteiger charge is -2.38. The van der Waals surface area contributed by atoms with Gasteiger partial charge in [-0.05, 0) is 19.1 Å². The summed E-state index contributed by atoms with van der Waals surface area (Å²) in [7, 11) is 1.61. The van der Waals surface area contributed by atoms with Gasteiger partial charge >= 0.3 is 6.16 Å². The van der Waals surface area contributed by atoms with Crippen LogP contribution in [-0.4, -0.2) is 43.6 Å². The lowest BCUT2D eigenvalue weighted by molar-refractivity contribution is -0.157. The van der Waals surface area contributed by atoms with Crippen molar-refractivity contribution in [1.82, 2.24) is 0 Å². The van der Waals surface area contributed by atoms with Crippen LogP contribution in [0.25, 0.3) is 0 Å². The number of carbonyl (C=O) groups excluding carboxylic acids is 1. The van der Waals surface area contributed by atoms with Gasteiger partial charge in [0.05, 0.1) is 6.10 Å². The molecule has 6 heteroatoms. The standard InChI is InChI=1S/C17H22O5S/c1-4-10-20-17(18)22-16-12(2)21-15(11-14(16)19-3)23-13-8-6-5-7-9-13/h4-9,12,14-16H,1,10-11H2,2-3H3/t12-,14-,15?,16-/m0/s1. The number of thioether (sulfide) groups is 1. The molecule has 1 aliphatic heterocycles. The molecule has 126 valence electrons. The van der Waals surface area contributed by atoms with Crippen molar-refractivity contribution in [3.63, 3.8) is 0 Å². The number of methoxy groups -OCH3 is 1. The third kappa shape index (κ3) is 5.27. The van der Waals surface area contributed by atoms with E-state index in [9.17, 15) is 4.79 Å². The summed E-state index contributed by atoms with van der Waals surface area (Å²) in [6.45, 7) is 5.48. The molecule has 1 aromatic carbocycles. The van der Waals surface area contributed by atoms with Gasteiger partial charge in [0.1, 0.15) is 18.1 Å². The SMILES string of the molecule is C=CCOC(=O)O[C@H]1[C@H](C)OC(Sc2ccccc2)C[C@@H]1OC. The van der Waals surface area contributed by atoms with Crippen LogP contribution in [0.2, 0.25) is 0 Å². The topological polar surface area (TPSA) is 54.0 Å². The molecule has 0 bridgehead atoms. The Bertz CT molecular complexity index is 507. The monoisotopic (exact) mass is 338 g/mol. The number of ether oxygens (including phenoxy) is 4. The highest BCUT2D eigenvalue weighted by molar-refractivity contribution is 7.99. The van der Waals surface area contributed by atoms with Crippen LogP contribution < -0.4 is 0 Å². The van der Waals surface area contributed by atoms with Gasteiger partial charge in [0, 0.05) is 18.4 Å². The van der Waals surface area contributed by atoms with Gasteiger partial charge < -0.3 is 18.9 Å². The van der Waals surface area contributed by atoms with Crippen LogP contribution in [0.15, 0.2) is 47.9 Å². The van der Waals surface area contributed by atoms with Crippen LogP contribution in [0.4, 0.5) is 4.79 Å². The van der Waals surface area contributed by atoms with Crippen LogP contribution in [-0.2, 0) is 18.9 Å². The molecule has 0 aromatic heterocycles. The first-order valence-electron chi connectivity index (χ1n) is 7.48. The molecule has 2 rings (SSSR count). The van der Waals surface area contributed by atoms with E-state index < -0.39 is 12.3 Å². The zero-order valence-electron chi connectivity index (χ0n) is 13.3. The largest absolute Gasteiger partial charge is 0.509 e. The van der Waals surface area contributed by atoms with Gasteiger partial charge in [0.25, 0.3) is 0 Å². The molecule has 1 saturated heterocycles. The number of rotatable bonds is 6. The molecule has 1 fully saturated rings. The highest BCUT2D eigenvalue weighted by Gasteiger charge is 2.40. The summed E-state index contributed by atoms with van der Waals surface area (Å²) < 4.78 is 21.7. The Labute approximate surface area is 140 Å².